The van der Waals surface area contributed by atoms with E-state index >= 15 is 0 Å². The zero-order valence-electron chi connectivity index (χ0n) is 19.9. The maximum atomic E-state index is 13.0. The second-order valence-corrected chi connectivity index (χ2v) is 10.5. The molecule has 6 rings (SSSR count). The molecule has 4 aliphatic rings. The molecule has 2 saturated heterocycles. The highest BCUT2D eigenvalue weighted by molar-refractivity contribution is 6.22. The predicted octanol–water partition coefficient (Wildman–Crippen LogP) is 3.80. The second-order valence-electron chi connectivity index (χ2n) is 10.5. The van der Waals surface area contributed by atoms with Crippen molar-refractivity contribution in [2.45, 2.75) is 39.5 Å². The molecule has 7 heteroatoms. The summed E-state index contributed by atoms with van der Waals surface area (Å²) in [4.78, 5) is 54.5. The second kappa shape index (κ2) is 8.04. The van der Waals surface area contributed by atoms with Crippen LogP contribution in [0, 0.1) is 43.4 Å². The summed E-state index contributed by atoms with van der Waals surface area (Å²) in [6, 6.07) is 12.4. The minimum absolute atomic E-state index is 0.0899. The van der Waals surface area contributed by atoms with Gasteiger partial charge in [-0.25, -0.2) is 0 Å². The Morgan fingerprint density at radius 2 is 1.57 bits per heavy atom. The molecule has 2 saturated carbocycles. The standard InChI is InChI=1S/C28H28N2O5/c1-15-3-10-22(16(2)11-15)29-14-19(13-23(29)31)28(34)35-21-8-6-20(7-9-21)30-26(32)24-17-4-5-18(12-17)25(24)27(30)33/h3,6-11,17-19,24-25H,4-5,12-14H2,1-2H3/t17-,18-,19+,24-,25+/m0/s1. The third-order valence-electron chi connectivity index (χ3n) is 8.34. The summed E-state index contributed by atoms with van der Waals surface area (Å²) in [7, 11) is 0. The van der Waals surface area contributed by atoms with Crippen LogP contribution >= 0.6 is 0 Å². The lowest BCUT2D eigenvalue weighted by Gasteiger charge is -2.19. The number of ether oxygens (including phenoxy) is 1. The first-order valence-corrected chi connectivity index (χ1v) is 12.4. The third-order valence-corrected chi connectivity index (χ3v) is 8.34. The molecule has 3 amide bonds. The van der Waals surface area contributed by atoms with Crippen molar-refractivity contribution in [3.63, 3.8) is 0 Å². The largest absolute Gasteiger partial charge is 0.426 e. The van der Waals surface area contributed by atoms with Crippen molar-refractivity contribution in [2.24, 2.45) is 29.6 Å². The molecule has 0 N–H and O–H groups in total. The number of rotatable bonds is 4. The Labute approximate surface area is 204 Å². The Morgan fingerprint density at radius 1 is 0.914 bits per heavy atom. The van der Waals surface area contributed by atoms with Crippen molar-refractivity contribution in [3.8, 4) is 5.75 Å². The number of imide groups is 1. The number of benzene rings is 2. The average Bonchev–Trinajstić information content (AvgIpc) is 3.59. The van der Waals surface area contributed by atoms with Gasteiger partial charge in [0.05, 0.1) is 23.4 Å². The van der Waals surface area contributed by atoms with Crippen LogP contribution in [0.3, 0.4) is 0 Å². The number of hydrogen-bond acceptors (Lipinski definition) is 5. The molecule has 0 aromatic heterocycles. The van der Waals surface area contributed by atoms with Crippen molar-refractivity contribution < 1.29 is 23.9 Å². The first-order chi connectivity index (χ1) is 16.8. The molecule has 35 heavy (non-hydrogen) atoms. The van der Waals surface area contributed by atoms with E-state index in [0.29, 0.717) is 23.3 Å². The summed E-state index contributed by atoms with van der Waals surface area (Å²) in [5.74, 6) is -0.626. The highest BCUT2D eigenvalue weighted by atomic mass is 16.5. The Morgan fingerprint density at radius 3 is 2.20 bits per heavy atom. The summed E-state index contributed by atoms with van der Waals surface area (Å²) in [6.45, 7) is 4.23. The Balaban J connectivity index is 1.13. The maximum absolute atomic E-state index is 13.0. The minimum Gasteiger partial charge on any atom is -0.426 e. The van der Waals surface area contributed by atoms with Crippen LogP contribution in [-0.2, 0) is 19.2 Å². The van der Waals surface area contributed by atoms with Crippen molar-refractivity contribution >= 4 is 35.1 Å². The van der Waals surface area contributed by atoms with Gasteiger partial charge in [0.15, 0.2) is 0 Å². The fraction of sp³-hybridized carbons (Fsp3) is 0.429. The lowest BCUT2D eigenvalue weighted by Crippen LogP contribution is -2.32. The number of amides is 3. The van der Waals surface area contributed by atoms with Crippen LogP contribution in [0.5, 0.6) is 5.75 Å². The van der Waals surface area contributed by atoms with E-state index in [9.17, 15) is 19.2 Å². The smallest absolute Gasteiger partial charge is 0.316 e. The van der Waals surface area contributed by atoms with E-state index in [0.717, 1.165) is 36.1 Å². The molecule has 0 unspecified atom stereocenters. The van der Waals surface area contributed by atoms with Gasteiger partial charge in [0, 0.05) is 18.7 Å². The van der Waals surface area contributed by atoms with E-state index in [1.165, 1.54) is 4.90 Å². The molecular weight excluding hydrogens is 444 g/mol. The van der Waals surface area contributed by atoms with E-state index in [1.54, 1.807) is 29.2 Å². The summed E-state index contributed by atoms with van der Waals surface area (Å²) in [5, 5.41) is 0. The molecule has 2 aromatic carbocycles. The van der Waals surface area contributed by atoms with Crippen molar-refractivity contribution in [3.05, 3.63) is 53.6 Å². The van der Waals surface area contributed by atoms with Crippen molar-refractivity contribution in [2.75, 3.05) is 16.3 Å². The number of carbonyl (C=O) groups is 4. The normalized spacial score (nSPS) is 29.3. The van der Waals surface area contributed by atoms with Gasteiger partial charge in [-0.05, 0) is 80.8 Å². The van der Waals surface area contributed by atoms with Gasteiger partial charge in [-0.3, -0.25) is 24.1 Å². The van der Waals surface area contributed by atoms with E-state index in [2.05, 4.69) is 0 Å². The van der Waals surface area contributed by atoms with Gasteiger partial charge in [0.1, 0.15) is 5.75 Å². The lowest BCUT2D eigenvalue weighted by atomic mass is 9.81. The van der Waals surface area contributed by atoms with Crippen LogP contribution in [0.1, 0.15) is 36.8 Å². The molecule has 7 nitrogen and oxygen atoms in total. The number of hydrogen-bond donors (Lipinski definition) is 0. The monoisotopic (exact) mass is 472 g/mol. The molecule has 2 aliphatic carbocycles. The van der Waals surface area contributed by atoms with Gasteiger partial charge in [0.2, 0.25) is 17.7 Å². The highest BCUT2D eigenvalue weighted by Gasteiger charge is 2.61. The zero-order valence-corrected chi connectivity index (χ0v) is 19.9. The fourth-order valence-corrected chi connectivity index (χ4v) is 6.73. The maximum Gasteiger partial charge on any atom is 0.316 e. The van der Waals surface area contributed by atoms with E-state index in [4.69, 9.17) is 4.74 Å². The van der Waals surface area contributed by atoms with Crippen LogP contribution in [0.15, 0.2) is 42.5 Å². The fourth-order valence-electron chi connectivity index (χ4n) is 6.73. The number of carbonyl (C=O) groups excluding carboxylic acids is 4. The summed E-state index contributed by atoms with van der Waals surface area (Å²) >= 11 is 0. The molecule has 0 radical (unpaired) electrons. The van der Waals surface area contributed by atoms with Gasteiger partial charge in [-0.1, -0.05) is 17.7 Å². The number of nitrogens with zero attached hydrogens (tertiary/aromatic N) is 2. The van der Waals surface area contributed by atoms with Crippen LogP contribution in [0.4, 0.5) is 11.4 Å². The average molecular weight is 473 g/mol. The van der Waals surface area contributed by atoms with Crippen LogP contribution in [-0.4, -0.2) is 30.2 Å². The molecule has 5 atom stereocenters. The summed E-state index contributed by atoms with van der Waals surface area (Å²) in [6.07, 6.45) is 3.18. The number of fused-ring (bicyclic) bond motifs is 5. The van der Waals surface area contributed by atoms with Gasteiger partial charge >= 0.3 is 5.97 Å². The van der Waals surface area contributed by atoms with Crippen molar-refractivity contribution in [1.29, 1.82) is 0 Å². The molecule has 2 aliphatic heterocycles. The summed E-state index contributed by atoms with van der Waals surface area (Å²) in [5.41, 5.74) is 3.44. The van der Waals surface area contributed by atoms with Gasteiger partial charge < -0.3 is 9.64 Å². The molecule has 2 heterocycles. The molecule has 0 spiro atoms. The zero-order chi connectivity index (χ0) is 24.4. The van der Waals surface area contributed by atoms with Gasteiger partial charge in [0.25, 0.3) is 0 Å². The topological polar surface area (TPSA) is 84.0 Å². The van der Waals surface area contributed by atoms with Gasteiger partial charge in [-0.15, -0.1) is 0 Å². The van der Waals surface area contributed by atoms with Crippen LogP contribution < -0.4 is 14.5 Å². The number of aryl methyl sites for hydroxylation is 2. The molecule has 180 valence electrons. The Hall–Kier alpha value is -3.48. The predicted molar refractivity (Wildman–Crippen MR) is 129 cm³/mol. The van der Waals surface area contributed by atoms with Gasteiger partial charge in [-0.2, -0.15) is 0 Å². The minimum atomic E-state index is -0.556. The first-order valence-electron chi connectivity index (χ1n) is 12.4. The SMILES string of the molecule is Cc1ccc(N2C[C@H](C(=O)Oc3ccc(N4C(=O)[C@@H]5[C@H]6CC[C@@H](C6)[C@@H]5C4=O)cc3)CC2=O)c(C)c1. The third kappa shape index (κ3) is 3.48. The molecular formula is C28H28N2O5. The number of esters is 1. The van der Waals surface area contributed by atoms with Crippen LogP contribution in [0.2, 0.25) is 0 Å². The summed E-state index contributed by atoms with van der Waals surface area (Å²) < 4.78 is 5.56. The highest BCUT2D eigenvalue weighted by Crippen LogP contribution is 2.56. The number of anilines is 2. The van der Waals surface area contributed by atoms with E-state index in [-0.39, 0.29) is 42.5 Å². The molecule has 2 bridgehead atoms. The Kier molecular flexibility index (Phi) is 5.06. The Bertz CT molecular complexity index is 1220. The van der Waals surface area contributed by atoms with E-state index in [1.807, 2.05) is 32.0 Å². The van der Waals surface area contributed by atoms with Crippen LogP contribution in [0.25, 0.3) is 0 Å². The first kappa shape index (κ1) is 22.0. The van der Waals surface area contributed by atoms with E-state index < -0.39 is 11.9 Å². The quantitative estimate of drug-likeness (QED) is 0.384. The lowest BCUT2D eigenvalue weighted by molar-refractivity contribution is -0.139. The molecule has 2 aromatic rings. The molecule has 4 fully saturated rings. The van der Waals surface area contributed by atoms with Crippen molar-refractivity contribution in [1.82, 2.24) is 0 Å².